The van der Waals surface area contributed by atoms with Gasteiger partial charge >= 0.3 is 0 Å². The van der Waals surface area contributed by atoms with E-state index in [-0.39, 0.29) is 16.9 Å². The first-order valence-electron chi connectivity index (χ1n) is 11.2. The Labute approximate surface area is 209 Å². The maximum Gasteiger partial charge on any atom is 0.257 e. The summed E-state index contributed by atoms with van der Waals surface area (Å²) in [4.78, 5) is 27.2. The van der Waals surface area contributed by atoms with E-state index < -0.39 is 0 Å². The number of nitrogens with one attached hydrogen (secondary N) is 2. The summed E-state index contributed by atoms with van der Waals surface area (Å²) in [5.41, 5.74) is 1.80. The van der Waals surface area contributed by atoms with E-state index in [0.29, 0.717) is 45.5 Å². The van der Waals surface area contributed by atoms with Crippen LogP contribution < -0.4 is 15.4 Å². The van der Waals surface area contributed by atoms with Crippen molar-refractivity contribution in [3.8, 4) is 5.75 Å². The third kappa shape index (κ3) is 7.27. The highest BCUT2D eigenvalue weighted by Crippen LogP contribution is 2.26. The van der Waals surface area contributed by atoms with Gasteiger partial charge in [0.15, 0.2) is 5.11 Å². The van der Waals surface area contributed by atoms with Crippen LogP contribution in [0.5, 0.6) is 5.75 Å². The van der Waals surface area contributed by atoms with Gasteiger partial charge in [-0.3, -0.25) is 14.9 Å². The molecular formula is C25H30BrN3O3S. The van der Waals surface area contributed by atoms with Gasteiger partial charge in [0.05, 0.1) is 11.1 Å². The monoisotopic (exact) mass is 531 g/mol. The van der Waals surface area contributed by atoms with Gasteiger partial charge in [-0.15, -0.1) is 0 Å². The fourth-order valence-electron chi connectivity index (χ4n) is 3.44. The number of rotatable bonds is 6. The quantitative estimate of drug-likeness (QED) is 0.482. The predicted molar refractivity (Wildman–Crippen MR) is 139 cm³/mol. The molecule has 2 amide bonds. The van der Waals surface area contributed by atoms with E-state index in [2.05, 4.69) is 47.3 Å². The number of hydrogen-bond acceptors (Lipinski definition) is 4. The van der Waals surface area contributed by atoms with Crippen molar-refractivity contribution in [2.75, 3.05) is 25.0 Å². The number of benzene rings is 2. The largest absolute Gasteiger partial charge is 0.492 e. The number of amides is 2. The number of likely N-dealkylation sites (tertiary alicyclic amines) is 1. The molecule has 0 saturated carbocycles. The fourth-order valence-corrected chi connectivity index (χ4v) is 4.15. The normalized spacial score (nSPS) is 14.2. The van der Waals surface area contributed by atoms with E-state index in [4.69, 9.17) is 17.0 Å². The number of anilines is 1. The van der Waals surface area contributed by atoms with Gasteiger partial charge in [0.25, 0.3) is 11.8 Å². The number of hydrogen-bond donors (Lipinski definition) is 2. The van der Waals surface area contributed by atoms with Gasteiger partial charge in [-0.25, -0.2) is 0 Å². The number of carbonyl (C=O) groups is 2. The molecule has 6 nitrogen and oxygen atoms in total. The molecule has 0 aromatic heterocycles. The lowest BCUT2D eigenvalue weighted by Crippen LogP contribution is -2.37. The molecule has 1 heterocycles. The first-order valence-corrected chi connectivity index (χ1v) is 12.4. The van der Waals surface area contributed by atoms with Crippen LogP contribution >= 0.6 is 28.1 Å². The Morgan fingerprint density at radius 2 is 1.76 bits per heavy atom. The Balaban J connectivity index is 1.53. The lowest BCUT2D eigenvalue weighted by Gasteiger charge is -2.30. The minimum atomic E-state index is -0.324. The number of halogens is 1. The smallest absolute Gasteiger partial charge is 0.257 e. The van der Waals surface area contributed by atoms with Crippen molar-refractivity contribution < 1.29 is 14.3 Å². The Morgan fingerprint density at radius 3 is 2.36 bits per heavy atom. The number of carbonyl (C=O) groups excluding carboxylic acids is 2. The van der Waals surface area contributed by atoms with Crippen LogP contribution in [0, 0.1) is 11.8 Å². The molecule has 176 valence electrons. The second kappa shape index (κ2) is 11.6. The lowest BCUT2D eigenvalue weighted by molar-refractivity contribution is 0.0697. The Hall–Kier alpha value is -2.45. The van der Waals surface area contributed by atoms with Crippen LogP contribution in [0.1, 0.15) is 54.3 Å². The first-order chi connectivity index (χ1) is 15.7. The second-order valence-electron chi connectivity index (χ2n) is 8.81. The summed E-state index contributed by atoms with van der Waals surface area (Å²) in [5, 5.41) is 5.85. The van der Waals surface area contributed by atoms with Crippen molar-refractivity contribution >= 4 is 50.8 Å². The first kappa shape index (κ1) is 25.2. The van der Waals surface area contributed by atoms with Crippen LogP contribution in [0.15, 0.2) is 46.9 Å². The Bertz CT molecular complexity index is 1000. The van der Waals surface area contributed by atoms with Crippen LogP contribution in [0.2, 0.25) is 0 Å². The molecule has 0 spiro atoms. The molecule has 3 rings (SSSR count). The SMILES string of the molecule is CC(C)COc1ccc(C(=O)NC(=S)Nc2ccc(C(=O)N3CCC(C)CC3)cc2)cc1Br. The van der Waals surface area contributed by atoms with E-state index in [1.54, 1.807) is 42.5 Å². The summed E-state index contributed by atoms with van der Waals surface area (Å²) >= 11 is 8.74. The summed E-state index contributed by atoms with van der Waals surface area (Å²) < 4.78 is 6.43. The minimum absolute atomic E-state index is 0.0516. The molecule has 1 fully saturated rings. The third-order valence-electron chi connectivity index (χ3n) is 5.45. The second-order valence-corrected chi connectivity index (χ2v) is 10.1. The maximum atomic E-state index is 12.7. The molecule has 2 N–H and O–H groups in total. The van der Waals surface area contributed by atoms with E-state index in [0.717, 1.165) is 25.9 Å². The Kier molecular flexibility index (Phi) is 8.86. The number of ether oxygens (including phenoxy) is 1. The van der Waals surface area contributed by atoms with Crippen LogP contribution in [-0.4, -0.2) is 41.5 Å². The number of piperidine rings is 1. The lowest BCUT2D eigenvalue weighted by atomic mass is 9.98. The van der Waals surface area contributed by atoms with Crippen LogP contribution in [0.3, 0.4) is 0 Å². The molecular weight excluding hydrogens is 502 g/mol. The summed E-state index contributed by atoms with van der Waals surface area (Å²) in [6.45, 7) is 8.57. The maximum absolute atomic E-state index is 12.7. The van der Waals surface area contributed by atoms with Gasteiger partial charge < -0.3 is 15.0 Å². The number of nitrogens with zero attached hydrogens (tertiary/aromatic N) is 1. The third-order valence-corrected chi connectivity index (χ3v) is 6.28. The summed E-state index contributed by atoms with van der Waals surface area (Å²) in [6.07, 6.45) is 2.09. The molecule has 33 heavy (non-hydrogen) atoms. The van der Waals surface area contributed by atoms with E-state index in [1.807, 2.05) is 4.90 Å². The number of thiocarbonyl (C=S) groups is 1. The molecule has 0 radical (unpaired) electrons. The minimum Gasteiger partial charge on any atom is -0.492 e. The van der Waals surface area contributed by atoms with Gasteiger partial charge in [-0.05, 0) is 95.3 Å². The molecule has 1 aliphatic rings. The van der Waals surface area contributed by atoms with E-state index in [1.165, 1.54) is 0 Å². The van der Waals surface area contributed by atoms with E-state index in [9.17, 15) is 9.59 Å². The van der Waals surface area contributed by atoms with Gasteiger partial charge in [0.2, 0.25) is 0 Å². The topological polar surface area (TPSA) is 70.7 Å². The fraction of sp³-hybridized carbons (Fsp3) is 0.400. The van der Waals surface area contributed by atoms with Crippen LogP contribution in [0.25, 0.3) is 0 Å². The van der Waals surface area contributed by atoms with Crippen LogP contribution in [-0.2, 0) is 0 Å². The standard InChI is InChI=1S/C25H30BrN3O3S/c1-16(2)15-32-22-9-6-19(14-21(22)26)23(30)28-25(33)27-20-7-4-18(5-8-20)24(31)29-12-10-17(3)11-13-29/h4-9,14,16-17H,10-13,15H2,1-3H3,(H2,27,28,30,33). The molecule has 1 aliphatic heterocycles. The predicted octanol–water partition coefficient (Wildman–Crippen LogP) is 5.48. The molecule has 2 aromatic carbocycles. The summed E-state index contributed by atoms with van der Waals surface area (Å²) in [5.74, 6) is 1.50. The van der Waals surface area contributed by atoms with Gasteiger partial charge in [-0.1, -0.05) is 20.8 Å². The van der Waals surface area contributed by atoms with Crippen molar-refractivity contribution in [1.29, 1.82) is 0 Å². The Morgan fingerprint density at radius 1 is 1.12 bits per heavy atom. The highest BCUT2D eigenvalue weighted by atomic mass is 79.9. The van der Waals surface area contributed by atoms with Gasteiger partial charge in [0.1, 0.15) is 5.75 Å². The molecule has 1 saturated heterocycles. The van der Waals surface area contributed by atoms with Gasteiger partial charge in [-0.2, -0.15) is 0 Å². The molecule has 0 unspecified atom stereocenters. The van der Waals surface area contributed by atoms with Crippen molar-refractivity contribution in [2.24, 2.45) is 11.8 Å². The molecule has 8 heteroatoms. The summed E-state index contributed by atoms with van der Waals surface area (Å²) in [7, 11) is 0. The molecule has 0 bridgehead atoms. The average Bonchev–Trinajstić information content (AvgIpc) is 2.78. The van der Waals surface area contributed by atoms with E-state index >= 15 is 0 Å². The van der Waals surface area contributed by atoms with Crippen molar-refractivity contribution in [2.45, 2.75) is 33.6 Å². The van der Waals surface area contributed by atoms with Crippen molar-refractivity contribution in [1.82, 2.24) is 10.2 Å². The zero-order valence-corrected chi connectivity index (χ0v) is 21.6. The van der Waals surface area contributed by atoms with Crippen molar-refractivity contribution in [3.63, 3.8) is 0 Å². The van der Waals surface area contributed by atoms with Crippen molar-refractivity contribution in [3.05, 3.63) is 58.1 Å². The zero-order chi connectivity index (χ0) is 24.0. The molecule has 0 aliphatic carbocycles. The average molecular weight is 533 g/mol. The highest BCUT2D eigenvalue weighted by molar-refractivity contribution is 9.10. The molecule has 2 aromatic rings. The highest BCUT2D eigenvalue weighted by Gasteiger charge is 2.21. The zero-order valence-electron chi connectivity index (χ0n) is 19.2. The van der Waals surface area contributed by atoms with Gasteiger partial charge in [0, 0.05) is 29.9 Å². The molecule has 0 atom stereocenters. The van der Waals surface area contributed by atoms with Crippen LogP contribution in [0.4, 0.5) is 5.69 Å². The summed E-state index contributed by atoms with van der Waals surface area (Å²) in [6, 6.07) is 12.3.